The standard InChI is InChI=1S/C20H20N2O3S/c1-12-6-3-4-7-13(12)18-14(10-21)20(26-11-17(24)25-2)22-15-8-5-9-16(23)19(15)18/h3-4,6-7,18,22H,5,8-9,11H2,1-2H3/t18-/m1/s1. The highest BCUT2D eigenvalue weighted by molar-refractivity contribution is 8.03. The van der Waals surface area contributed by atoms with Crippen LogP contribution in [0, 0.1) is 18.3 Å². The maximum Gasteiger partial charge on any atom is 0.316 e. The van der Waals surface area contributed by atoms with Gasteiger partial charge in [-0.1, -0.05) is 36.0 Å². The van der Waals surface area contributed by atoms with Crippen molar-refractivity contribution in [2.45, 2.75) is 32.1 Å². The number of thioether (sulfide) groups is 1. The van der Waals surface area contributed by atoms with E-state index in [1.165, 1.54) is 18.9 Å². The zero-order chi connectivity index (χ0) is 18.7. The van der Waals surface area contributed by atoms with Gasteiger partial charge in [0.15, 0.2) is 5.78 Å². The van der Waals surface area contributed by atoms with E-state index in [-0.39, 0.29) is 23.4 Å². The number of rotatable bonds is 4. The minimum Gasteiger partial charge on any atom is -0.468 e. The van der Waals surface area contributed by atoms with Crippen molar-refractivity contribution >= 4 is 23.5 Å². The first-order chi connectivity index (χ1) is 12.6. The van der Waals surface area contributed by atoms with Gasteiger partial charge >= 0.3 is 5.97 Å². The molecule has 1 aliphatic carbocycles. The second-order valence-electron chi connectivity index (χ2n) is 6.30. The van der Waals surface area contributed by atoms with Gasteiger partial charge in [-0.05, 0) is 30.9 Å². The number of Topliss-reactive ketones (excluding diaryl/α,β-unsaturated/α-hetero) is 1. The molecule has 0 unspecified atom stereocenters. The number of ether oxygens (including phenoxy) is 1. The van der Waals surface area contributed by atoms with Gasteiger partial charge in [-0.15, -0.1) is 0 Å². The minimum absolute atomic E-state index is 0.0942. The molecule has 0 amide bonds. The Hall–Kier alpha value is -2.52. The molecule has 3 rings (SSSR count). The molecule has 0 saturated carbocycles. The molecule has 2 aliphatic rings. The van der Waals surface area contributed by atoms with Gasteiger partial charge in [-0.3, -0.25) is 9.59 Å². The van der Waals surface area contributed by atoms with Crippen molar-refractivity contribution in [1.82, 2.24) is 5.32 Å². The first kappa shape index (κ1) is 18.3. The fourth-order valence-corrected chi connectivity index (χ4v) is 4.34. The maximum atomic E-state index is 12.7. The van der Waals surface area contributed by atoms with Crippen molar-refractivity contribution in [1.29, 1.82) is 5.26 Å². The molecular formula is C20H20N2O3S. The number of nitrogens with zero attached hydrogens (tertiary/aromatic N) is 1. The molecule has 0 bridgehead atoms. The van der Waals surface area contributed by atoms with Gasteiger partial charge in [0.25, 0.3) is 0 Å². The fraction of sp³-hybridized carbons (Fsp3) is 0.350. The number of aryl methyl sites for hydroxylation is 1. The number of dihydropyridines is 1. The second-order valence-corrected chi connectivity index (χ2v) is 7.29. The summed E-state index contributed by atoms with van der Waals surface area (Å²) < 4.78 is 4.71. The summed E-state index contributed by atoms with van der Waals surface area (Å²) in [5, 5.41) is 13.8. The number of nitriles is 1. The van der Waals surface area contributed by atoms with Crippen LogP contribution in [0.3, 0.4) is 0 Å². The monoisotopic (exact) mass is 368 g/mol. The average Bonchev–Trinajstić information content (AvgIpc) is 2.65. The lowest BCUT2D eigenvalue weighted by Gasteiger charge is -2.33. The Morgan fingerprint density at radius 3 is 2.85 bits per heavy atom. The highest BCUT2D eigenvalue weighted by Crippen LogP contribution is 2.44. The molecular weight excluding hydrogens is 348 g/mol. The van der Waals surface area contributed by atoms with Crippen molar-refractivity contribution in [2.24, 2.45) is 0 Å². The molecule has 1 heterocycles. The molecule has 0 radical (unpaired) electrons. The lowest BCUT2D eigenvalue weighted by atomic mass is 9.76. The van der Waals surface area contributed by atoms with E-state index < -0.39 is 0 Å². The van der Waals surface area contributed by atoms with E-state index in [4.69, 9.17) is 4.74 Å². The number of allylic oxidation sites excluding steroid dienone is 3. The molecule has 134 valence electrons. The predicted octanol–water partition coefficient (Wildman–Crippen LogP) is 3.33. The van der Waals surface area contributed by atoms with Crippen LogP contribution in [0.25, 0.3) is 0 Å². The predicted molar refractivity (Wildman–Crippen MR) is 100 cm³/mol. The largest absolute Gasteiger partial charge is 0.468 e. The zero-order valence-corrected chi connectivity index (χ0v) is 15.6. The van der Waals surface area contributed by atoms with Crippen LogP contribution in [-0.4, -0.2) is 24.6 Å². The summed E-state index contributed by atoms with van der Waals surface area (Å²) in [5.74, 6) is -0.531. The van der Waals surface area contributed by atoms with Gasteiger partial charge in [-0.25, -0.2) is 0 Å². The van der Waals surface area contributed by atoms with Crippen molar-refractivity contribution in [2.75, 3.05) is 12.9 Å². The molecule has 0 spiro atoms. The zero-order valence-electron chi connectivity index (χ0n) is 14.8. The molecule has 6 heteroatoms. The van der Waals surface area contributed by atoms with Gasteiger partial charge in [-0.2, -0.15) is 5.26 Å². The second kappa shape index (κ2) is 7.79. The molecule has 1 atom stereocenters. The van der Waals surface area contributed by atoms with Crippen LogP contribution in [0.15, 0.2) is 46.1 Å². The Labute approximate surface area is 157 Å². The molecule has 0 saturated heterocycles. The molecule has 1 aromatic carbocycles. The molecule has 0 aromatic heterocycles. The number of carbonyl (C=O) groups is 2. The van der Waals surface area contributed by atoms with Crippen LogP contribution >= 0.6 is 11.8 Å². The summed E-state index contributed by atoms with van der Waals surface area (Å²) in [4.78, 5) is 24.2. The van der Waals surface area contributed by atoms with Gasteiger partial charge in [0.2, 0.25) is 0 Å². The Balaban J connectivity index is 2.11. The number of hydrogen-bond acceptors (Lipinski definition) is 6. The highest BCUT2D eigenvalue weighted by atomic mass is 32.2. The van der Waals surface area contributed by atoms with E-state index in [0.717, 1.165) is 29.7 Å². The Kier molecular flexibility index (Phi) is 5.48. The summed E-state index contributed by atoms with van der Waals surface area (Å²) in [6.07, 6.45) is 2.07. The number of methoxy groups -OCH3 is 1. The quantitative estimate of drug-likeness (QED) is 0.821. The minimum atomic E-state index is -0.384. The molecule has 5 nitrogen and oxygen atoms in total. The van der Waals surface area contributed by atoms with Crippen LogP contribution in [-0.2, 0) is 14.3 Å². The van der Waals surface area contributed by atoms with Gasteiger partial charge in [0.1, 0.15) is 0 Å². The lowest BCUT2D eigenvalue weighted by Crippen LogP contribution is -2.31. The van der Waals surface area contributed by atoms with E-state index in [1.807, 2.05) is 31.2 Å². The van der Waals surface area contributed by atoms with Crippen molar-refractivity contribution in [3.8, 4) is 6.07 Å². The van der Waals surface area contributed by atoms with E-state index in [0.29, 0.717) is 22.6 Å². The van der Waals surface area contributed by atoms with Gasteiger partial charge in [0, 0.05) is 17.7 Å². The number of esters is 1. The van der Waals surface area contributed by atoms with Crippen molar-refractivity contribution in [3.63, 3.8) is 0 Å². The molecule has 1 aliphatic heterocycles. The first-order valence-electron chi connectivity index (χ1n) is 8.49. The van der Waals surface area contributed by atoms with Crippen LogP contribution in [0.2, 0.25) is 0 Å². The summed E-state index contributed by atoms with van der Waals surface area (Å²) in [7, 11) is 1.34. The van der Waals surface area contributed by atoms with Crippen LogP contribution in [0.5, 0.6) is 0 Å². The molecule has 1 N–H and O–H groups in total. The van der Waals surface area contributed by atoms with E-state index in [2.05, 4.69) is 11.4 Å². The van der Waals surface area contributed by atoms with E-state index >= 15 is 0 Å². The summed E-state index contributed by atoms with van der Waals surface area (Å²) in [5.41, 5.74) is 4.06. The Bertz CT molecular complexity index is 864. The third-order valence-electron chi connectivity index (χ3n) is 4.72. The van der Waals surface area contributed by atoms with Crippen LogP contribution < -0.4 is 5.32 Å². The van der Waals surface area contributed by atoms with E-state index in [9.17, 15) is 14.9 Å². The summed E-state index contributed by atoms with van der Waals surface area (Å²) in [6.45, 7) is 1.99. The fourth-order valence-electron chi connectivity index (χ4n) is 3.45. The number of benzene rings is 1. The number of hydrogen-bond donors (Lipinski definition) is 1. The van der Waals surface area contributed by atoms with Crippen molar-refractivity contribution < 1.29 is 14.3 Å². The third kappa shape index (κ3) is 3.40. The van der Waals surface area contributed by atoms with Crippen molar-refractivity contribution in [3.05, 3.63) is 57.3 Å². The Morgan fingerprint density at radius 1 is 1.38 bits per heavy atom. The Morgan fingerprint density at radius 2 is 2.15 bits per heavy atom. The van der Waals surface area contributed by atoms with Gasteiger partial charge < -0.3 is 10.1 Å². The smallest absolute Gasteiger partial charge is 0.316 e. The number of ketones is 1. The molecule has 1 aromatic rings. The number of carbonyl (C=O) groups excluding carboxylic acids is 2. The average molecular weight is 368 g/mol. The van der Waals surface area contributed by atoms with Crippen LogP contribution in [0.1, 0.15) is 36.3 Å². The summed E-state index contributed by atoms with van der Waals surface area (Å²) in [6, 6.07) is 10.1. The molecule has 0 fully saturated rings. The number of nitrogens with one attached hydrogen (secondary N) is 1. The van der Waals surface area contributed by atoms with Gasteiger partial charge in [0.05, 0.1) is 35.5 Å². The normalized spacial score (nSPS) is 19.6. The lowest BCUT2D eigenvalue weighted by molar-refractivity contribution is -0.137. The third-order valence-corrected chi connectivity index (χ3v) is 5.72. The summed E-state index contributed by atoms with van der Waals surface area (Å²) >= 11 is 1.25. The topological polar surface area (TPSA) is 79.2 Å². The maximum absolute atomic E-state index is 12.7. The van der Waals surface area contributed by atoms with Crippen LogP contribution in [0.4, 0.5) is 0 Å². The first-order valence-corrected chi connectivity index (χ1v) is 9.48. The molecule has 26 heavy (non-hydrogen) atoms. The SMILES string of the molecule is COC(=O)CSC1=C(C#N)[C@@H](c2ccccc2C)C2=C(CCCC2=O)N1. The highest BCUT2D eigenvalue weighted by Gasteiger charge is 2.37. The van der Waals surface area contributed by atoms with E-state index in [1.54, 1.807) is 0 Å².